The van der Waals surface area contributed by atoms with Crippen molar-refractivity contribution in [2.75, 3.05) is 5.32 Å². The normalized spacial score (nSPS) is 13.3. The van der Waals surface area contributed by atoms with Crippen LogP contribution in [0.4, 0.5) is 10.6 Å². The van der Waals surface area contributed by atoms with Crippen molar-refractivity contribution in [3.8, 4) is 0 Å². The Labute approximate surface area is 208 Å². The van der Waals surface area contributed by atoms with Crippen LogP contribution >= 0.6 is 0 Å². The first-order valence-electron chi connectivity index (χ1n) is 12.1. The maximum absolute atomic E-state index is 13.4. The second-order valence-electron chi connectivity index (χ2n) is 11.6. The van der Waals surface area contributed by atoms with Crippen LogP contribution in [0.25, 0.3) is 11.0 Å². The molecule has 0 aliphatic rings. The minimum Gasteiger partial charge on any atom is -0.444 e. The van der Waals surface area contributed by atoms with Crippen molar-refractivity contribution in [1.29, 1.82) is 0 Å². The molecule has 0 saturated carbocycles. The molecule has 0 aliphatic carbocycles. The van der Waals surface area contributed by atoms with Gasteiger partial charge >= 0.3 is 6.09 Å². The molecule has 8 heteroatoms. The highest BCUT2D eigenvalue weighted by Gasteiger charge is 2.36. The smallest absolute Gasteiger partial charge is 0.408 e. The molecule has 1 aromatic carbocycles. The van der Waals surface area contributed by atoms with Crippen LogP contribution in [0.5, 0.6) is 0 Å². The minimum atomic E-state index is -1.19. The molecular weight excluding hydrogens is 444 g/mol. The molecule has 2 N–H and O–H groups in total. The molecule has 192 valence electrons. The van der Waals surface area contributed by atoms with Crippen LogP contribution in [-0.4, -0.2) is 44.3 Å². The van der Waals surface area contributed by atoms with Gasteiger partial charge in [-0.1, -0.05) is 13.0 Å². The molecule has 0 bridgehead atoms. The summed E-state index contributed by atoms with van der Waals surface area (Å²) in [5, 5.41) is 5.99. The van der Waals surface area contributed by atoms with Gasteiger partial charge in [0.05, 0.1) is 16.7 Å². The van der Waals surface area contributed by atoms with Gasteiger partial charge in [0, 0.05) is 23.4 Å². The molecule has 35 heavy (non-hydrogen) atoms. The lowest BCUT2D eigenvalue weighted by Gasteiger charge is -2.30. The number of aromatic nitrogens is 2. The topological polar surface area (TPSA) is 110 Å². The zero-order chi connectivity index (χ0) is 26.8. The highest BCUT2D eigenvalue weighted by Crippen LogP contribution is 2.26. The molecule has 1 heterocycles. The summed E-state index contributed by atoms with van der Waals surface area (Å²) in [6, 6.07) is 5.32. The van der Waals surface area contributed by atoms with Crippen molar-refractivity contribution in [1.82, 2.24) is 15.3 Å². The van der Waals surface area contributed by atoms with E-state index in [1.54, 1.807) is 46.8 Å². The first-order chi connectivity index (χ1) is 15.9. The van der Waals surface area contributed by atoms with Crippen molar-refractivity contribution in [2.45, 2.75) is 98.8 Å². The Balaban J connectivity index is 2.31. The second-order valence-corrected chi connectivity index (χ2v) is 11.6. The average molecular weight is 485 g/mol. The number of rotatable bonds is 8. The van der Waals surface area contributed by atoms with E-state index < -0.39 is 23.2 Å². The summed E-state index contributed by atoms with van der Waals surface area (Å²) in [6.45, 7) is 18.3. The molecule has 0 aliphatic heterocycles. The van der Waals surface area contributed by atoms with Crippen molar-refractivity contribution in [3.05, 3.63) is 29.5 Å². The number of hydrogen-bond donors (Lipinski definition) is 2. The zero-order valence-corrected chi connectivity index (χ0v) is 22.8. The number of ether oxygens (including phenoxy) is 1. The zero-order valence-electron chi connectivity index (χ0n) is 22.8. The van der Waals surface area contributed by atoms with Gasteiger partial charge in [-0.15, -0.1) is 0 Å². The van der Waals surface area contributed by atoms with Crippen LogP contribution in [0.15, 0.2) is 18.2 Å². The number of anilines is 1. The summed E-state index contributed by atoms with van der Waals surface area (Å²) in [7, 11) is 0. The van der Waals surface area contributed by atoms with E-state index in [4.69, 9.17) is 9.72 Å². The molecule has 0 saturated heterocycles. The summed E-state index contributed by atoms with van der Waals surface area (Å²) in [5.74, 6) is -0.371. The fraction of sp³-hybridized carbons (Fsp3) is 0.593. The Morgan fingerprint density at radius 1 is 1.00 bits per heavy atom. The number of benzene rings is 1. The number of para-hydroxylation sites is 1. The third kappa shape index (κ3) is 7.73. The van der Waals surface area contributed by atoms with E-state index in [1.165, 1.54) is 0 Å². The third-order valence-corrected chi connectivity index (χ3v) is 5.39. The predicted octanol–water partition coefficient (Wildman–Crippen LogP) is 5.62. The van der Waals surface area contributed by atoms with Crippen molar-refractivity contribution in [3.63, 3.8) is 0 Å². The molecule has 1 atom stereocenters. The van der Waals surface area contributed by atoms with E-state index in [1.807, 2.05) is 40.7 Å². The van der Waals surface area contributed by atoms with E-state index >= 15 is 0 Å². The van der Waals surface area contributed by atoms with Gasteiger partial charge < -0.3 is 15.4 Å². The van der Waals surface area contributed by atoms with Gasteiger partial charge in [0.1, 0.15) is 16.9 Å². The van der Waals surface area contributed by atoms with Gasteiger partial charge in [0.2, 0.25) is 0 Å². The number of nitrogens with one attached hydrogen (secondary N) is 2. The number of ketones is 2. The van der Waals surface area contributed by atoms with E-state index in [-0.39, 0.29) is 23.5 Å². The molecular formula is C27H40N4O4. The Morgan fingerprint density at radius 3 is 2.17 bits per heavy atom. The lowest BCUT2D eigenvalue weighted by atomic mass is 9.83. The molecule has 8 nitrogen and oxygen atoms in total. The highest BCUT2D eigenvalue weighted by atomic mass is 16.6. The number of alkyl carbamates (subject to hydrolysis) is 1. The molecule has 1 aromatic heterocycles. The lowest BCUT2D eigenvalue weighted by molar-refractivity contribution is -0.128. The number of hydrogen-bond acceptors (Lipinski definition) is 7. The number of carbonyl (C=O) groups excluding carboxylic acids is 3. The van der Waals surface area contributed by atoms with Crippen LogP contribution in [0.1, 0.15) is 91.2 Å². The number of carbonyl (C=O) groups is 3. The molecule has 2 aromatic rings. The van der Waals surface area contributed by atoms with Crippen molar-refractivity contribution >= 4 is 34.5 Å². The number of nitrogens with zero attached hydrogens (tertiary/aromatic N) is 2. The molecule has 0 radical (unpaired) electrons. The second kappa shape index (κ2) is 10.3. The van der Waals surface area contributed by atoms with Crippen LogP contribution in [-0.2, 0) is 9.53 Å². The molecule has 1 amide bonds. The maximum atomic E-state index is 13.4. The minimum absolute atomic E-state index is 0.00542. The van der Waals surface area contributed by atoms with Gasteiger partial charge in [-0.25, -0.2) is 14.8 Å². The standard InChI is InChI=1S/C27H40N4O4/c1-11-17(22(33)27(9,10)31-24(34)35-26(6,7)8)15-20(32)18-13-12-14-19-21(18)29-23(16(2)28-19)30-25(3,4)5/h12-14,17H,11,15H2,1-10H3,(H,29,30)(H,31,34). The van der Waals surface area contributed by atoms with E-state index in [0.717, 1.165) is 5.69 Å². The van der Waals surface area contributed by atoms with Gasteiger partial charge in [0.25, 0.3) is 0 Å². The van der Waals surface area contributed by atoms with E-state index in [0.29, 0.717) is 28.8 Å². The molecule has 1 unspecified atom stereocenters. The lowest BCUT2D eigenvalue weighted by Crippen LogP contribution is -2.53. The predicted molar refractivity (Wildman–Crippen MR) is 139 cm³/mol. The highest BCUT2D eigenvalue weighted by molar-refractivity contribution is 6.08. The summed E-state index contributed by atoms with van der Waals surface area (Å²) >= 11 is 0. The quantitative estimate of drug-likeness (QED) is 0.468. The summed E-state index contributed by atoms with van der Waals surface area (Å²) in [4.78, 5) is 48.3. The van der Waals surface area contributed by atoms with Crippen LogP contribution in [0.2, 0.25) is 0 Å². The Kier molecular flexibility index (Phi) is 8.30. The largest absolute Gasteiger partial charge is 0.444 e. The summed E-state index contributed by atoms with van der Waals surface area (Å²) in [5.41, 5.74) is 0.200. The summed E-state index contributed by atoms with van der Waals surface area (Å²) in [6.07, 6.45) is -0.211. The van der Waals surface area contributed by atoms with Gasteiger partial charge in [-0.3, -0.25) is 9.59 Å². The van der Waals surface area contributed by atoms with Gasteiger partial charge in [-0.2, -0.15) is 0 Å². The van der Waals surface area contributed by atoms with Gasteiger partial charge in [-0.05, 0) is 80.9 Å². The Morgan fingerprint density at radius 2 is 1.63 bits per heavy atom. The summed E-state index contributed by atoms with van der Waals surface area (Å²) < 4.78 is 5.30. The first-order valence-corrected chi connectivity index (χ1v) is 12.1. The van der Waals surface area contributed by atoms with Gasteiger partial charge in [0.15, 0.2) is 11.6 Å². The third-order valence-electron chi connectivity index (χ3n) is 5.39. The van der Waals surface area contributed by atoms with Crippen LogP contribution < -0.4 is 10.6 Å². The monoisotopic (exact) mass is 484 g/mol. The van der Waals surface area contributed by atoms with Crippen molar-refractivity contribution in [2.24, 2.45) is 5.92 Å². The van der Waals surface area contributed by atoms with E-state index in [2.05, 4.69) is 15.6 Å². The molecule has 0 spiro atoms. The first kappa shape index (κ1) is 28.2. The van der Waals surface area contributed by atoms with Crippen LogP contribution in [0.3, 0.4) is 0 Å². The molecule has 0 fully saturated rings. The van der Waals surface area contributed by atoms with Crippen LogP contribution in [0, 0.1) is 12.8 Å². The Bertz CT molecular complexity index is 1110. The molecule has 2 rings (SSSR count). The number of amides is 1. The Hall–Kier alpha value is -3.03. The SMILES string of the molecule is CCC(CC(=O)c1cccc2nc(C)c(NC(C)(C)C)nc12)C(=O)C(C)(C)NC(=O)OC(C)(C)C. The maximum Gasteiger partial charge on any atom is 0.408 e. The average Bonchev–Trinajstić information content (AvgIpc) is 2.68. The van der Waals surface area contributed by atoms with Crippen molar-refractivity contribution < 1.29 is 19.1 Å². The fourth-order valence-electron chi connectivity index (χ4n) is 3.75. The number of fused-ring (bicyclic) bond motifs is 1. The number of Topliss-reactive ketones (excluding diaryl/α,β-unsaturated/α-hetero) is 2. The van der Waals surface area contributed by atoms with E-state index in [9.17, 15) is 14.4 Å². The fourth-order valence-corrected chi connectivity index (χ4v) is 3.75. The number of aryl methyl sites for hydroxylation is 1.